The second-order valence-electron chi connectivity index (χ2n) is 6.33. The SMILES string of the molecule is C[C@@H](CNC(=O)N1CCN(Cc2ccon2)CC1)Cc1cccs1. The lowest BCUT2D eigenvalue weighted by Crippen LogP contribution is -2.52. The van der Waals surface area contributed by atoms with Gasteiger partial charge in [0.1, 0.15) is 6.26 Å². The molecule has 1 saturated heterocycles. The van der Waals surface area contributed by atoms with Crippen molar-refractivity contribution in [1.29, 1.82) is 0 Å². The van der Waals surface area contributed by atoms with Gasteiger partial charge in [-0.15, -0.1) is 11.3 Å². The molecule has 130 valence electrons. The molecular formula is C17H24N4O2S. The second kappa shape index (κ2) is 8.30. The number of rotatable bonds is 6. The van der Waals surface area contributed by atoms with Crippen molar-refractivity contribution in [2.24, 2.45) is 5.92 Å². The van der Waals surface area contributed by atoms with Crippen LogP contribution in [0, 0.1) is 5.92 Å². The van der Waals surface area contributed by atoms with E-state index < -0.39 is 0 Å². The summed E-state index contributed by atoms with van der Waals surface area (Å²) >= 11 is 1.77. The van der Waals surface area contributed by atoms with Crippen LogP contribution < -0.4 is 5.32 Å². The predicted molar refractivity (Wildman–Crippen MR) is 93.9 cm³/mol. The first-order valence-corrected chi connectivity index (χ1v) is 9.25. The van der Waals surface area contributed by atoms with E-state index in [-0.39, 0.29) is 6.03 Å². The maximum Gasteiger partial charge on any atom is 0.317 e. The largest absolute Gasteiger partial charge is 0.364 e. The van der Waals surface area contributed by atoms with Crippen LogP contribution in [0.15, 0.2) is 34.4 Å². The molecular weight excluding hydrogens is 324 g/mol. The zero-order valence-corrected chi connectivity index (χ0v) is 14.8. The normalized spacial score (nSPS) is 17.0. The summed E-state index contributed by atoms with van der Waals surface area (Å²) in [5.74, 6) is 0.445. The van der Waals surface area contributed by atoms with E-state index in [1.807, 2.05) is 11.0 Å². The molecule has 0 bridgehead atoms. The Balaban J connectivity index is 1.35. The van der Waals surface area contributed by atoms with Gasteiger partial charge in [0, 0.05) is 50.2 Å². The van der Waals surface area contributed by atoms with Crippen LogP contribution >= 0.6 is 11.3 Å². The lowest BCUT2D eigenvalue weighted by Gasteiger charge is -2.34. The summed E-state index contributed by atoms with van der Waals surface area (Å²) in [6, 6.07) is 6.16. The molecule has 24 heavy (non-hydrogen) atoms. The van der Waals surface area contributed by atoms with Crippen molar-refractivity contribution in [2.75, 3.05) is 32.7 Å². The van der Waals surface area contributed by atoms with Gasteiger partial charge in [-0.1, -0.05) is 18.1 Å². The van der Waals surface area contributed by atoms with Crippen molar-refractivity contribution in [3.05, 3.63) is 40.4 Å². The fourth-order valence-corrected chi connectivity index (χ4v) is 3.74. The van der Waals surface area contributed by atoms with Crippen molar-refractivity contribution < 1.29 is 9.32 Å². The number of urea groups is 1. The van der Waals surface area contributed by atoms with Gasteiger partial charge >= 0.3 is 6.03 Å². The molecule has 0 spiro atoms. The third-order valence-electron chi connectivity index (χ3n) is 4.27. The lowest BCUT2D eigenvalue weighted by atomic mass is 10.1. The van der Waals surface area contributed by atoms with Crippen molar-refractivity contribution in [2.45, 2.75) is 19.9 Å². The van der Waals surface area contributed by atoms with Crippen LogP contribution in [0.25, 0.3) is 0 Å². The molecule has 2 aromatic rings. The number of hydrogen-bond donors (Lipinski definition) is 1. The first kappa shape index (κ1) is 17.0. The van der Waals surface area contributed by atoms with Crippen LogP contribution in [0.2, 0.25) is 0 Å². The second-order valence-corrected chi connectivity index (χ2v) is 7.36. The predicted octanol–water partition coefficient (Wildman–Crippen LogP) is 2.44. The van der Waals surface area contributed by atoms with Gasteiger partial charge in [0.2, 0.25) is 0 Å². The number of aromatic nitrogens is 1. The smallest absolute Gasteiger partial charge is 0.317 e. The van der Waals surface area contributed by atoms with Crippen molar-refractivity contribution in [1.82, 2.24) is 20.3 Å². The zero-order valence-electron chi connectivity index (χ0n) is 14.0. The summed E-state index contributed by atoms with van der Waals surface area (Å²) < 4.78 is 4.86. The van der Waals surface area contributed by atoms with Crippen molar-refractivity contribution in [3.63, 3.8) is 0 Å². The van der Waals surface area contributed by atoms with E-state index in [4.69, 9.17) is 4.52 Å². The first-order chi connectivity index (χ1) is 11.7. The fourth-order valence-electron chi connectivity index (χ4n) is 2.87. The van der Waals surface area contributed by atoms with Crippen LogP contribution in [0.5, 0.6) is 0 Å². The van der Waals surface area contributed by atoms with E-state index >= 15 is 0 Å². The number of carbonyl (C=O) groups is 1. The summed E-state index contributed by atoms with van der Waals surface area (Å²) in [5, 5.41) is 9.10. The molecule has 0 saturated carbocycles. The van der Waals surface area contributed by atoms with Gasteiger partial charge < -0.3 is 14.7 Å². The molecule has 7 heteroatoms. The number of nitrogens with one attached hydrogen (secondary N) is 1. The average Bonchev–Trinajstić information content (AvgIpc) is 3.27. The van der Waals surface area contributed by atoms with Crippen molar-refractivity contribution >= 4 is 17.4 Å². The minimum absolute atomic E-state index is 0.0501. The third kappa shape index (κ3) is 4.82. The molecule has 1 aliphatic rings. The topological polar surface area (TPSA) is 61.6 Å². The summed E-state index contributed by atoms with van der Waals surface area (Å²) in [6.07, 6.45) is 2.61. The highest BCUT2D eigenvalue weighted by atomic mass is 32.1. The number of amides is 2. The van der Waals surface area contributed by atoms with Gasteiger partial charge in [-0.3, -0.25) is 4.90 Å². The molecule has 0 aromatic carbocycles. The Morgan fingerprint density at radius 1 is 1.38 bits per heavy atom. The highest BCUT2D eigenvalue weighted by molar-refractivity contribution is 7.09. The minimum Gasteiger partial charge on any atom is -0.364 e. The van der Waals surface area contributed by atoms with E-state index in [1.54, 1.807) is 17.6 Å². The molecule has 2 amide bonds. The molecule has 3 heterocycles. The Labute approximate surface area is 146 Å². The molecule has 2 aromatic heterocycles. The summed E-state index contributed by atoms with van der Waals surface area (Å²) in [5.41, 5.74) is 0.940. The van der Waals surface area contributed by atoms with Crippen molar-refractivity contribution in [3.8, 4) is 0 Å². The number of hydrogen-bond acceptors (Lipinski definition) is 5. The van der Waals surface area contributed by atoms with E-state index in [1.165, 1.54) is 4.88 Å². The molecule has 1 fully saturated rings. The highest BCUT2D eigenvalue weighted by Crippen LogP contribution is 2.14. The Morgan fingerprint density at radius 2 is 2.21 bits per heavy atom. The molecule has 0 unspecified atom stereocenters. The quantitative estimate of drug-likeness (QED) is 0.871. The minimum atomic E-state index is 0.0501. The monoisotopic (exact) mass is 348 g/mol. The number of nitrogens with zero attached hydrogens (tertiary/aromatic N) is 3. The van der Waals surface area contributed by atoms with E-state index in [2.05, 4.69) is 39.8 Å². The van der Waals surface area contributed by atoms with Gasteiger partial charge in [0.05, 0.1) is 5.69 Å². The molecule has 3 rings (SSSR count). The third-order valence-corrected chi connectivity index (χ3v) is 5.17. The van der Waals surface area contributed by atoms with Gasteiger partial charge in [-0.25, -0.2) is 4.79 Å². The Bertz CT molecular complexity index is 607. The molecule has 6 nitrogen and oxygen atoms in total. The van der Waals surface area contributed by atoms with Crippen LogP contribution in [-0.2, 0) is 13.0 Å². The molecule has 1 atom stereocenters. The van der Waals surface area contributed by atoms with Crippen LogP contribution in [0.4, 0.5) is 4.79 Å². The van der Waals surface area contributed by atoms with Gasteiger partial charge in [0.25, 0.3) is 0 Å². The summed E-state index contributed by atoms with van der Waals surface area (Å²) in [6.45, 7) is 6.91. The number of carbonyl (C=O) groups excluding carboxylic acids is 1. The van der Waals surface area contributed by atoms with E-state index in [0.29, 0.717) is 5.92 Å². The maximum atomic E-state index is 12.3. The van der Waals surface area contributed by atoms with E-state index in [9.17, 15) is 4.79 Å². The molecule has 1 aliphatic heterocycles. The fraction of sp³-hybridized carbons (Fsp3) is 0.529. The summed E-state index contributed by atoms with van der Waals surface area (Å²) in [4.78, 5) is 17.9. The number of thiophene rings is 1. The van der Waals surface area contributed by atoms with Crippen LogP contribution in [-0.4, -0.2) is 53.7 Å². The lowest BCUT2D eigenvalue weighted by molar-refractivity contribution is 0.133. The standard InChI is InChI=1S/C17H24N4O2S/c1-14(11-16-3-2-10-24-16)12-18-17(22)21-7-5-20(6-8-21)13-15-4-9-23-19-15/h2-4,9-10,14H,5-8,11-13H2,1H3,(H,18,22)/t14-/m1/s1. The van der Waals surface area contributed by atoms with E-state index in [0.717, 1.165) is 51.4 Å². The Kier molecular flexibility index (Phi) is 5.87. The highest BCUT2D eigenvalue weighted by Gasteiger charge is 2.21. The van der Waals surface area contributed by atoms with Crippen LogP contribution in [0.3, 0.4) is 0 Å². The summed E-state index contributed by atoms with van der Waals surface area (Å²) in [7, 11) is 0. The zero-order chi connectivity index (χ0) is 16.8. The van der Waals surface area contributed by atoms with Gasteiger partial charge in [0.15, 0.2) is 0 Å². The molecule has 0 aliphatic carbocycles. The maximum absolute atomic E-state index is 12.3. The van der Waals surface area contributed by atoms with Gasteiger partial charge in [-0.05, 0) is 23.8 Å². The molecule has 0 radical (unpaired) electrons. The average molecular weight is 348 g/mol. The Morgan fingerprint density at radius 3 is 2.88 bits per heavy atom. The first-order valence-electron chi connectivity index (χ1n) is 8.37. The molecule has 1 N–H and O–H groups in total. The van der Waals surface area contributed by atoms with Crippen LogP contribution in [0.1, 0.15) is 17.5 Å². The number of piperazine rings is 1. The Hall–Kier alpha value is -1.86. The van der Waals surface area contributed by atoms with Gasteiger partial charge in [-0.2, -0.15) is 0 Å².